The molecule has 0 saturated heterocycles. The molecule has 0 bridgehead atoms. The first-order valence-corrected chi connectivity index (χ1v) is 4.74. The van der Waals surface area contributed by atoms with Crippen LogP contribution in [0.25, 0.3) is 0 Å². The highest BCUT2D eigenvalue weighted by atomic mass is 16.2. The summed E-state index contributed by atoms with van der Waals surface area (Å²) in [4.78, 5) is 12.5. The molecule has 4 heteroatoms. The molecule has 0 atom stereocenters. The average Bonchev–Trinajstić information content (AvgIpc) is 2.99. The Bertz CT molecular complexity index is 286. The summed E-state index contributed by atoms with van der Waals surface area (Å²) in [5.74, 6) is 0.482. The lowest BCUT2D eigenvalue weighted by Crippen LogP contribution is -2.28. The van der Waals surface area contributed by atoms with Gasteiger partial charge in [-0.15, -0.1) is 0 Å². The molecular formula is C10H15N3O. The highest BCUT2D eigenvalue weighted by Gasteiger charge is 2.22. The van der Waals surface area contributed by atoms with Crippen molar-refractivity contribution in [1.82, 2.24) is 4.90 Å². The zero-order chi connectivity index (χ0) is 10.6. The summed E-state index contributed by atoms with van der Waals surface area (Å²) in [5, 5.41) is 8.82. The number of likely N-dealkylation sites (N-methyl/N-ethyl adjacent to an activating group) is 1. The van der Waals surface area contributed by atoms with Crippen LogP contribution in [0.3, 0.4) is 0 Å². The van der Waals surface area contributed by atoms with Gasteiger partial charge in [0, 0.05) is 18.8 Å². The van der Waals surface area contributed by atoms with Gasteiger partial charge >= 0.3 is 0 Å². The lowest BCUT2D eigenvalue weighted by atomic mass is 10.1. The van der Waals surface area contributed by atoms with Gasteiger partial charge in [0.1, 0.15) is 0 Å². The fourth-order valence-electron chi connectivity index (χ4n) is 1.21. The number of nitriles is 1. The Morgan fingerprint density at radius 3 is 2.79 bits per heavy atom. The van der Waals surface area contributed by atoms with Crippen molar-refractivity contribution in [1.29, 1.82) is 5.26 Å². The standard InChI is InChI=1S/C10H15N3O/c1-13(10(14)6-12)7-9(5-11)4-8-2-3-8/h7-8H,2-4,6,12H2,1H3. The smallest absolute Gasteiger partial charge is 0.240 e. The minimum absolute atomic E-state index is 0.0187. The van der Waals surface area contributed by atoms with E-state index in [9.17, 15) is 4.79 Å². The maximum Gasteiger partial charge on any atom is 0.240 e. The Labute approximate surface area is 84.0 Å². The van der Waals surface area contributed by atoms with E-state index in [1.54, 1.807) is 13.2 Å². The number of carbonyl (C=O) groups excluding carboxylic acids is 1. The Kier molecular flexibility index (Phi) is 3.66. The van der Waals surface area contributed by atoms with Crippen molar-refractivity contribution in [2.45, 2.75) is 19.3 Å². The number of hydrogen-bond donors (Lipinski definition) is 1. The normalized spacial score (nSPS) is 16.2. The molecule has 0 aromatic carbocycles. The zero-order valence-corrected chi connectivity index (χ0v) is 8.36. The summed E-state index contributed by atoms with van der Waals surface area (Å²) >= 11 is 0. The number of hydrogen-bond acceptors (Lipinski definition) is 3. The second-order valence-corrected chi connectivity index (χ2v) is 3.62. The molecule has 0 spiro atoms. The Hall–Kier alpha value is -1.34. The fourth-order valence-corrected chi connectivity index (χ4v) is 1.21. The van der Waals surface area contributed by atoms with Gasteiger partial charge in [0.15, 0.2) is 0 Å². The van der Waals surface area contributed by atoms with Gasteiger partial charge in [0.05, 0.1) is 12.6 Å². The minimum Gasteiger partial charge on any atom is -0.322 e. The van der Waals surface area contributed by atoms with E-state index in [1.165, 1.54) is 17.7 Å². The molecule has 0 unspecified atom stereocenters. The molecular weight excluding hydrogens is 178 g/mol. The number of nitrogens with zero attached hydrogens (tertiary/aromatic N) is 2. The third kappa shape index (κ3) is 3.19. The van der Waals surface area contributed by atoms with E-state index in [1.807, 2.05) is 0 Å². The number of carbonyl (C=O) groups is 1. The summed E-state index contributed by atoms with van der Waals surface area (Å²) < 4.78 is 0. The first-order valence-electron chi connectivity index (χ1n) is 4.74. The van der Waals surface area contributed by atoms with Crippen LogP contribution < -0.4 is 5.73 Å². The summed E-state index contributed by atoms with van der Waals surface area (Å²) in [6.07, 6.45) is 4.79. The molecule has 0 aromatic rings. The second kappa shape index (κ2) is 4.77. The van der Waals surface area contributed by atoms with Crippen molar-refractivity contribution >= 4 is 5.91 Å². The summed E-state index contributed by atoms with van der Waals surface area (Å²) in [7, 11) is 1.62. The molecule has 0 heterocycles. The molecule has 0 aromatic heterocycles. The number of nitrogens with two attached hydrogens (primary N) is 1. The highest BCUT2D eigenvalue weighted by molar-refractivity contribution is 5.78. The van der Waals surface area contributed by atoms with E-state index in [0.29, 0.717) is 11.5 Å². The topological polar surface area (TPSA) is 70.1 Å². The quantitative estimate of drug-likeness (QED) is 0.665. The van der Waals surface area contributed by atoms with Gasteiger partial charge in [-0.05, 0) is 25.2 Å². The maximum atomic E-state index is 11.1. The van der Waals surface area contributed by atoms with E-state index >= 15 is 0 Å². The van der Waals surface area contributed by atoms with Gasteiger partial charge in [-0.2, -0.15) is 5.26 Å². The summed E-state index contributed by atoms with van der Waals surface area (Å²) in [6, 6.07) is 2.11. The number of allylic oxidation sites excluding steroid dienone is 1. The number of amides is 1. The lowest BCUT2D eigenvalue weighted by Gasteiger charge is -2.11. The molecule has 1 aliphatic carbocycles. The second-order valence-electron chi connectivity index (χ2n) is 3.62. The first kappa shape index (κ1) is 10.7. The van der Waals surface area contributed by atoms with Crippen molar-refractivity contribution in [2.24, 2.45) is 11.7 Å². The maximum absolute atomic E-state index is 11.1. The van der Waals surface area contributed by atoms with Crippen LogP contribution in [-0.4, -0.2) is 24.4 Å². The largest absolute Gasteiger partial charge is 0.322 e. The van der Waals surface area contributed by atoms with Gasteiger partial charge in [0.2, 0.25) is 5.91 Å². The van der Waals surface area contributed by atoms with E-state index in [4.69, 9.17) is 11.0 Å². The van der Waals surface area contributed by atoms with Crippen LogP contribution in [0.4, 0.5) is 0 Å². The third-order valence-corrected chi connectivity index (χ3v) is 2.27. The molecule has 14 heavy (non-hydrogen) atoms. The average molecular weight is 193 g/mol. The van der Waals surface area contributed by atoms with E-state index < -0.39 is 0 Å². The Morgan fingerprint density at radius 1 is 1.71 bits per heavy atom. The Morgan fingerprint density at radius 2 is 2.36 bits per heavy atom. The highest BCUT2D eigenvalue weighted by Crippen LogP contribution is 2.34. The zero-order valence-electron chi connectivity index (χ0n) is 8.36. The molecule has 76 valence electrons. The van der Waals surface area contributed by atoms with Crippen LogP contribution in [0, 0.1) is 17.2 Å². The molecule has 4 nitrogen and oxygen atoms in total. The monoisotopic (exact) mass is 193 g/mol. The van der Waals surface area contributed by atoms with Crippen LogP contribution in [0.2, 0.25) is 0 Å². The molecule has 1 fully saturated rings. The van der Waals surface area contributed by atoms with Crippen molar-refractivity contribution in [3.8, 4) is 6.07 Å². The van der Waals surface area contributed by atoms with Gasteiger partial charge in [-0.1, -0.05) is 0 Å². The van der Waals surface area contributed by atoms with Crippen LogP contribution in [0.5, 0.6) is 0 Å². The van der Waals surface area contributed by atoms with Crippen LogP contribution >= 0.6 is 0 Å². The molecule has 2 N–H and O–H groups in total. The molecule has 0 aliphatic heterocycles. The van der Waals surface area contributed by atoms with E-state index in [-0.39, 0.29) is 12.5 Å². The predicted molar refractivity (Wildman–Crippen MR) is 52.9 cm³/mol. The van der Waals surface area contributed by atoms with E-state index in [0.717, 1.165) is 6.42 Å². The Balaban J connectivity index is 2.53. The van der Waals surface area contributed by atoms with Gasteiger partial charge in [0.25, 0.3) is 0 Å². The van der Waals surface area contributed by atoms with Crippen molar-refractivity contribution in [3.63, 3.8) is 0 Å². The van der Waals surface area contributed by atoms with Gasteiger partial charge in [-0.3, -0.25) is 4.79 Å². The van der Waals surface area contributed by atoms with Gasteiger partial charge in [-0.25, -0.2) is 0 Å². The van der Waals surface area contributed by atoms with Crippen LogP contribution in [0.15, 0.2) is 11.8 Å². The van der Waals surface area contributed by atoms with Gasteiger partial charge < -0.3 is 10.6 Å². The summed E-state index contributed by atoms with van der Waals surface area (Å²) in [6.45, 7) is -0.0187. The molecule has 1 amide bonds. The van der Waals surface area contributed by atoms with Crippen LogP contribution in [0.1, 0.15) is 19.3 Å². The SMILES string of the molecule is CN(C=C(C#N)CC1CC1)C(=O)CN. The summed E-state index contributed by atoms with van der Waals surface area (Å²) in [5.41, 5.74) is 5.86. The predicted octanol–water partition coefficient (Wildman–Crippen LogP) is 0.611. The van der Waals surface area contributed by atoms with Crippen LogP contribution in [-0.2, 0) is 4.79 Å². The van der Waals surface area contributed by atoms with Crippen molar-refractivity contribution in [2.75, 3.05) is 13.6 Å². The molecule has 0 radical (unpaired) electrons. The molecule has 1 rings (SSSR count). The molecule has 1 aliphatic rings. The lowest BCUT2D eigenvalue weighted by molar-refractivity contribution is -0.126. The molecule has 1 saturated carbocycles. The third-order valence-electron chi connectivity index (χ3n) is 2.27. The van der Waals surface area contributed by atoms with Crippen molar-refractivity contribution in [3.05, 3.63) is 11.8 Å². The minimum atomic E-state index is -0.173. The number of rotatable bonds is 4. The fraction of sp³-hybridized carbons (Fsp3) is 0.600. The van der Waals surface area contributed by atoms with Crippen molar-refractivity contribution < 1.29 is 4.79 Å². The first-order chi connectivity index (χ1) is 6.67. The van der Waals surface area contributed by atoms with E-state index in [2.05, 4.69) is 6.07 Å².